The molecule has 0 atom stereocenters. The Balaban J connectivity index is 1.36. The number of benzene rings is 2. The Hall–Kier alpha value is -3.66. The van der Waals surface area contributed by atoms with E-state index in [9.17, 15) is 0 Å². The summed E-state index contributed by atoms with van der Waals surface area (Å²) in [5.74, 6) is 1.97. The number of hydrogen-bond donors (Lipinski definition) is 0. The van der Waals surface area contributed by atoms with Crippen LogP contribution in [0.4, 0.5) is 0 Å². The van der Waals surface area contributed by atoms with Crippen LogP contribution in [-0.2, 0) is 12.8 Å². The SMILES string of the molecule is CCCCCCCCCCOc1cc2c(cc1-c1ccncc1)Cc1c(ccc(OCCCCCCC)c1-c1ccncc1)C2. The third-order valence-corrected chi connectivity index (χ3v) is 9.14. The molecule has 5 rings (SSSR count). The van der Waals surface area contributed by atoms with E-state index in [1.807, 2.05) is 24.8 Å². The molecule has 4 aromatic rings. The zero-order valence-corrected chi connectivity index (χ0v) is 27.7. The van der Waals surface area contributed by atoms with Crippen LogP contribution < -0.4 is 9.47 Å². The largest absolute Gasteiger partial charge is 0.493 e. The van der Waals surface area contributed by atoms with Gasteiger partial charge in [0.05, 0.1) is 13.2 Å². The predicted octanol–water partition coefficient (Wildman–Crippen LogP) is 11.2. The lowest BCUT2D eigenvalue weighted by atomic mass is 9.80. The number of fused-ring (bicyclic) bond motifs is 2. The van der Waals surface area contributed by atoms with Crippen molar-refractivity contribution in [2.45, 2.75) is 110 Å². The zero-order valence-electron chi connectivity index (χ0n) is 27.7. The average molecular weight is 605 g/mol. The minimum atomic E-state index is 0.753. The maximum atomic E-state index is 6.53. The Morgan fingerprint density at radius 3 is 1.67 bits per heavy atom. The predicted molar refractivity (Wildman–Crippen MR) is 187 cm³/mol. The third kappa shape index (κ3) is 9.19. The Morgan fingerprint density at radius 2 is 1.04 bits per heavy atom. The normalized spacial score (nSPS) is 12.0. The Kier molecular flexibility index (Phi) is 12.9. The number of nitrogens with zero attached hydrogens (tertiary/aromatic N) is 2. The first kappa shape index (κ1) is 32.7. The molecule has 0 fully saturated rings. The number of ether oxygens (including phenoxy) is 2. The highest BCUT2D eigenvalue weighted by atomic mass is 16.5. The maximum Gasteiger partial charge on any atom is 0.127 e. The van der Waals surface area contributed by atoms with Crippen LogP contribution >= 0.6 is 0 Å². The molecule has 2 heterocycles. The summed E-state index contributed by atoms with van der Waals surface area (Å²) in [5.41, 5.74) is 10.2. The van der Waals surface area contributed by atoms with Gasteiger partial charge in [0.15, 0.2) is 0 Å². The highest BCUT2D eigenvalue weighted by Crippen LogP contribution is 2.43. The van der Waals surface area contributed by atoms with Gasteiger partial charge in [0.1, 0.15) is 11.5 Å². The quantitative estimate of drug-likeness (QED) is 0.0880. The van der Waals surface area contributed by atoms with Crippen molar-refractivity contribution in [3.8, 4) is 33.8 Å². The minimum absolute atomic E-state index is 0.753. The van der Waals surface area contributed by atoms with E-state index >= 15 is 0 Å². The van der Waals surface area contributed by atoms with Gasteiger partial charge in [-0.3, -0.25) is 9.97 Å². The van der Waals surface area contributed by atoms with E-state index in [-0.39, 0.29) is 0 Å². The molecule has 0 amide bonds. The molecule has 4 heteroatoms. The van der Waals surface area contributed by atoms with Gasteiger partial charge in [-0.25, -0.2) is 0 Å². The van der Waals surface area contributed by atoms with E-state index in [0.717, 1.165) is 61.5 Å². The van der Waals surface area contributed by atoms with Crippen molar-refractivity contribution in [3.63, 3.8) is 0 Å². The van der Waals surface area contributed by atoms with Crippen molar-refractivity contribution in [2.75, 3.05) is 13.2 Å². The first-order valence-corrected chi connectivity index (χ1v) is 17.7. The van der Waals surface area contributed by atoms with Gasteiger partial charge in [-0.15, -0.1) is 0 Å². The van der Waals surface area contributed by atoms with Gasteiger partial charge in [-0.2, -0.15) is 0 Å². The molecule has 45 heavy (non-hydrogen) atoms. The van der Waals surface area contributed by atoms with Crippen LogP contribution in [0, 0.1) is 0 Å². The van der Waals surface area contributed by atoms with Gasteiger partial charge in [-0.05, 0) is 102 Å². The molecule has 0 spiro atoms. The summed E-state index contributed by atoms with van der Waals surface area (Å²) < 4.78 is 13.0. The summed E-state index contributed by atoms with van der Waals surface area (Å²) in [6.45, 7) is 6.05. The molecule has 0 saturated carbocycles. The molecular formula is C41H52N2O2. The summed E-state index contributed by atoms with van der Waals surface area (Å²) in [5, 5.41) is 0. The van der Waals surface area contributed by atoms with Gasteiger partial charge >= 0.3 is 0 Å². The second-order valence-corrected chi connectivity index (χ2v) is 12.6. The molecule has 1 aliphatic carbocycles. The fourth-order valence-electron chi connectivity index (χ4n) is 6.57. The number of rotatable bonds is 19. The van der Waals surface area contributed by atoms with E-state index in [4.69, 9.17) is 9.47 Å². The lowest BCUT2D eigenvalue weighted by Gasteiger charge is -2.26. The summed E-state index contributed by atoms with van der Waals surface area (Å²) in [6.07, 6.45) is 25.8. The fraction of sp³-hybridized carbons (Fsp3) is 0.463. The molecule has 0 saturated heterocycles. The molecule has 238 valence electrons. The van der Waals surface area contributed by atoms with E-state index < -0.39 is 0 Å². The highest BCUT2D eigenvalue weighted by molar-refractivity contribution is 5.78. The van der Waals surface area contributed by atoms with Crippen molar-refractivity contribution >= 4 is 0 Å². The van der Waals surface area contributed by atoms with Crippen LogP contribution in [0.3, 0.4) is 0 Å². The third-order valence-electron chi connectivity index (χ3n) is 9.14. The first-order chi connectivity index (χ1) is 22.3. The van der Waals surface area contributed by atoms with Crippen molar-refractivity contribution < 1.29 is 9.47 Å². The van der Waals surface area contributed by atoms with Crippen LogP contribution in [0.15, 0.2) is 73.3 Å². The fourth-order valence-corrected chi connectivity index (χ4v) is 6.57. The van der Waals surface area contributed by atoms with Crippen molar-refractivity contribution in [3.05, 3.63) is 95.6 Å². The molecule has 0 aliphatic heterocycles. The zero-order chi connectivity index (χ0) is 31.1. The van der Waals surface area contributed by atoms with Crippen molar-refractivity contribution in [2.24, 2.45) is 0 Å². The highest BCUT2D eigenvalue weighted by Gasteiger charge is 2.24. The lowest BCUT2D eigenvalue weighted by Crippen LogP contribution is -2.12. The molecule has 0 unspecified atom stereocenters. The molecule has 2 aromatic heterocycles. The van der Waals surface area contributed by atoms with Crippen LogP contribution in [0.5, 0.6) is 11.5 Å². The van der Waals surface area contributed by atoms with Crippen LogP contribution in [0.2, 0.25) is 0 Å². The van der Waals surface area contributed by atoms with E-state index in [1.165, 1.54) is 104 Å². The molecule has 0 bridgehead atoms. The van der Waals surface area contributed by atoms with Crippen LogP contribution in [0.25, 0.3) is 22.3 Å². The van der Waals surface area contributed by atoms with E-state index in [0.29, 0.717) is 0 Å². The first-order valence-electron chi connectivity index (χ1n) is 17.7. The Labute approximate surface area is 271 Å². The Morgan fingerprint density at radius 1 is 0.511 bits per heavy atom. The van der Waals surface area contributed by atoms with Gasteiger partial charge in [0, 0.05) is 35.9 Å². The monoisotopic (exact) mass is 604 g/mol. The van der Waals surface area contributed by atoms with Gasteiger partial charge in [0.2, 0.25) is 0 Å². The second kappa shape index (κ2) is 17.7. The summed E-state index contributed by atoms with van der Waals surface area (Å²) in [6, 6.07) is 17.6. The summed E-state index contributed by atoms with van der Waals surface area (Å²) >= 11 is 0. The average Bonchev–Trinajstić information content (AvgIpc) is 3.08. The number of pyridine rings is 2. The van der Waals surface area contributed by atoms with Crippen molar-refractivity contribution in [1.29, 1.82) is 0 Å². The van der Waals surface area contributed by atoms with E-state index in [2.05, 4.69) is 72.3 Å². The number of aromatic nitrogens is 2. The minimum Gasteiger partial charge on any atom is -0.493 e. The van der Waals surface area contributed by atoms with Crippen LogP contribution in [0.1, 0.15) is 120 Å². The van der Waals surface area contributed by atoms with Gasteiger partial charge in [0.25, 0.3) is 0 Å². The van der Waals surface area contributed by atoms with Gasteiger partial charge in [-0.1, -0.05) is 90.5 Å². The van der Waals surface area contributed by atoms with Crippen molar-refractivity contribution in [1.82, 2.24) is 9.97 Å². The lowest BCUT2D eigenvalue weighted by molar-refractivity contribution is 0.304. The summed E-state index contributed by atoms with van der Waals surface area (Å²) in [4.78, 5) is 8.58. The number of hydrogen-bond acceptors (Lipinski definition) is 4. The second-order valence-electron chi connectivity index (χ2n) is 12.6. The molecule has 2 aromatic carbocycles. The summed E-state index contributed by atoms with van der Waals surface area (Å²) in [7, 11) is 0. The molecule has 4 nitrogen and oxygen atoms in total. The Bertz CT molecular complexity index is 1450. The van der Waals surface area contributed by atoms with Gasteiger partial charge < -0.3 is 9.47 Å². The van der Waals surface area contributed by atoms with E-state index in [1.54, 1.807) is 0 Å². The molecular weight excluding hydrogens is 552 g/mol. The maximum absolute atomic E-state index is 6.53. The molecule has 0 N–H and O–H groups in total. The topological polar surface area (TPSA) is 44.2 Å². The molecule has 1 aliphatic rings. The molecule has 0 radical (unpaired) electrons. The van der Waals surface area contributed by atoms with Crippen LogP contribution in [-0.4, -0.2) is 23.2 Å². The number of unbranched alkanes of at least 4 members (excludes halogenated alkanes) is 11. The smallest absolute Gasteiger partial charge is 0.127 e. The standard InChI is InChI=1S/C41H52N2O2/c1-3-5-7-9-10-11-13-15-27-45-40-31-35-28-34-16-17-39(44-26-14-12-8-6-4-2)41(33-20-24-43-25-21-33)38(34)30-36(35)29-37(40)32-18-22-42-23-19-32/h16-25,29,31H,3-15,26-28,30H2,1-2H3.